The van der Waals surface area contributed by atoms with Crippen molar-refractivity contribution in [1.29, 1.82) is 0 Å². The second kappa shape index (κ2) is 5.12. The van der Waals surface area contributed by atoms with Crippen LogP contribution in [0.3, 0.4) is 0 Å². The molecule has 2 aromatic rings. The average molecular weight is 234 g/mol. The Morgan fingerprint density at radius 1 is 1.31 bits per heavy atom. The third-order valence-corrected chi connectivity index (χ3v) is 3.36. The second-order valence-corrected chi connectivity index (χ2v) is 4.37. The van der Waals surface area contributed by atoms with Crippen LogP contribution in [0, 0.1) is 0 Å². The highest BCUT2D eigenvalue weighted by Gasteiger charge is 2.13. The zero-order valence-corrected chi connectivity index (χ0v) is 9.83. The highest BCUT2D eigenvalue weighted by atomic mass is 32.1. The summed E-state index contributed by atoms with van der Waals surface area (Å²) in [6, 6.07) is 12.0. The van der Waals surface area contributed by atoms with Crippen molar-refractivity contribution in [2.45, 2.75) is 6.04 Å². The Labute approximate surface area is 98.8 Å². The van der Waals surface area contributed by atoms with Crippen LogP contribution in [0.4, 0.5) is 0 Å². The first-order valence-electron chi connectivity index (χ1n) is 4.98. The number of methoxy groups -OCH3 is 1. The molecule has 1 heterocycles. The fourth-order valence-corrected chi connectivity index (χ4v) is 2.43. The summed E-state index contributed by atoms with van der Waals surface area (Å²) in [7, 11) is 1.66. The number of thiophene rings is 1. The first-order chi connectivity index (χ1) is 7.85. The number of hydrogen-bond donors (Lipinski definition) is 2. The molecule has 0 aliphatic heterocycles. The standard InChI is InChI=1S/C12H14N2OS/c1-15-10-5-2-4-9(8-10)12(14-13)11-6-3-7-16-11/h2-8,12,14H,13H2,1H3. The lowest BCUT2D eigenvalue weighted by molar-refractivity contribution is 0.413. The van der Waals surface area contributed by atoms with E-state index in [1.54, 1.807) is 18.4 Å². The van der Waals surface area contributed by atoms with Crippen LogP contribution in [-0.4, -0.2) is 7.11 Å². The predicted octanol–water partition coefficient (Wildman–Crippen LogP) is 2.31. The Kier molecular flexibility index (Phi) is 3.56. The van der Waals surface area contributed by atoms with Crippen LogP contribution in [0.5, 0.6) is 5.75 Å². The van der Waals surface area contributed by atoms with Crippen molar-refractivity contribution in [2.24, 2.45) is 5.84 Å². The monoisotopic (exact) mass is 234 g/mol. The molecular formula is C12H14N2OS. The van der Waals surface area contributed by atoms with Gasteiger partial charge in [-0.25, -0.2) is 5.43 Å². The molecule has 0 fully saturated rings. The first-order valence-corrected chi connectivity index (χ1v) is 5.86. The molecule has 1 atom stereocenters. The van der Waals surface area contributed by atoms with E-state index in [0.29, 0.717) is 0 Å². The van der Waals surface area contributed by atoms with E-state index in [1.807, 2.05) is 35.7 Å². The van der Waals surface area contributed by atoms with Gasteiger partial charge >= 0.3 is 0 Å². The maximum absolute atomic E-state index is 5.60. The van der Waals surface area contributed by atoms with Crippen molar-refractivity contribution < 1.29 is 4.74 Å². The topological polar surface area (TPSA) is 47.3 Å². The van der Waals surface area contributed by atoms with E-state index >= 15 is 0 Å². The largest absolute Gasteiger partial charge is 0.497 e. The number of hydrogen-bond acceptors (Lipinski definition) is 4. The van der Waals surface area contributed by atoms with Crippen molar-refractivity contribution >= 4 is 11.3 Å². The number of ether oxygens (including phenoxy) is 1. The first kappa shape index (κ1) is 11.1. The number of rotatable bonds is 4. The molecule has 1 unspecified atom stereocenters. The summed E-state index contributed by atoms with van der Waals surface area (Å²) in [4.78, 5) is 1.19. The summed E-state index contributed by atoms with van der Waals surface area (Å²) in [5.41, 5.74) is 3.93. The molecule has 0 aliphatic carbocycles. The van der Waals surface area contributed by atoms with Gasteiger partial charge < -0.3 is 4.74 Å². The molecule has 84 valence electrons. The van der Waals surface area contributed by atoms with E-state index in [2.05, 4.69) is 11.5 Å². The van der Waals surface area contributed by atoms with Crippen molar-refractivity contribution in [2.75, 3.05) is 7.11 Å². The highest BCUT2D eigenvalue weighted by molar-refractivity contribution is 7.10. The maximum Gasteiger partial charge on any atom is 0.119 e. The summed E-state index contributed by atoms with van der Waals surface area (Å²) < 4.78 is 5.20. The van der Waals surface area contributed by atoms with Crippen LogP contribution in [-0.2, 0) is 0 Å². The quantitative estimate of drug-likeness (QED) is 0.630. The van der Waals surface area contributed by atoms with Crippen LogP contribution in [0.2, 0.25) is 0 Å². The van der Waals surface area contributed by atoms with E-state index in [9.17, 15) is 0 Å². The molecule has 0 saturated heterocycles. The smallest absolute Gasteiger partial charge is 0.119 e. The van der Waals surface area contributed by atoms with Crippen LogP contribution < -0.4 is 16.0 Å². The third-order valence-electron chi connectivity index (χ3n) is 2.42. The molecule has 2 rings (SSSR count). The lowest BCUT2D eigenvalue weighted by atomic mass is 10.1. The second-order valence-electron chi connectivity index (χ2n) is 3.39. The average Bonchev–Trinajstić information content (AvgIpc) is 2.84. The molecule has 3 N–H and O–H groups in total. The van der Waals surface area contributed by atoms with Crippen molar-refractivity contribution in [3.05, 3.63) is 52.2 Å². The normalized spacial score (nSPS) is 12.4. The highest BCUT2D eigenvalue weighted by Crippen LogP contribution is 2.27. The van der Waals surface area contributed by atoms with Gasteiger partial charge in [0.05, 0.1) is 13.2 Å². The van der Waals surface area contributed by atoms with E-state index in [-0.39, 0.29) is 6.04 Å². The number of nitrogens with one attached hydrogen (secondary N) is 1. The van der Waals surface area contributed by atoms with E-state index in [0.717, 1.165) is 11.3 Å². The van der Waals surface area contributed by atoms with Gasteiger partial charge in [-0.05, 0) is 29.1 Å². The summed E-state index contributed by atoms with van der Waals surface area (Å²) in [5, 5.41) is 2.04. The van der Waals surface area contributed by atoms with Crippen LogP contribution in [0.1, 0.15) is 16.5 Å². The zero-order valence-electron chi connectivity index (χ0n) is 9.01. The SMILES string of the molecule is COc1cccc(C(NN)c2cccs2)c1. The van der Waals surface area contributed by atoms with Gasteiger partial charge in [-0.1, -0.05) is 18.2 Å². The van der Waals surface area contributed by atoms with Gasteiger partial charge in [0.1, 0.15) is 5.75 Å². The van der Waals surface area contributed by atoms with Gasteiger partial charge in [-0.3, -0.25) is 5.84 Å². The van der Waals surface area contributed by atoms with Crippen LogP contribution >= 0.6 is 11.3 Å². The van der Waals surface area contributed by atoms with E-state index in [1.165, 1.54) is 4.88 Å². The Morgan fingerprint density at radius 3 is 2.81 bits per heavy atom. The van der Waals surface area contributed by atoms with Gasteiger partial charge in [0.25, 0.3) is 0 Å². The Balaban J connectivity index is 2.33. The molecular weight excluding hydrogens is 220 g/mol. The molecule has 0 spiro atoms. The molecule has 4 heteroatoms. The fraction of sp³-hybridized carbons (Fsp3) is 0.167. The minimum atomic E-state index is 0.0232. The minimum Gasteiger partial charge on any atom is -0.497 e. The van der Waals surface area contributed by atoms with Gasteiger partial charge in [0, 0.05) is 4.88 Å². The third kappa shape index (κ3) is 2.24. The van der Waals surface area contributed by atoms with Crippen molar-refractivity contribution in [1.82, 2.24) is 5.43 Å². The summed E-state index contributed by atoms with van der Waals surface area (Å²) in [6.07, 6.45) is 0. The lowest BCUT2D eigenvalue weighted by Gasteiger charge is -2.15. The summed E-state index contributed by atoms with van der Waals surface area (Å²) >= 11 is 1.68. The Morgan fingerprint density at radius 2 is 2.19 bits per heavy atom. The predicted molar refractivity (Wildman–Crippen MR) is 66.5 cm³/mol. The Bertz CT molecular complexity index is 442. The molecule has 1 aromatic carbocycles. The van der Waals surface area contributed by atoms with Gasteiger partial charge in [-0.15, -0.1) is 11.3 Å². The molecule has 3 nitrogen and oxygen atoms in total. The zero-order chi connectivity index (χ0) is 11.4. The van der Waals surface area contributed by atoms with Crippen molar-refractivity contribution in [3.8, 4) is 5.75 Å². The molecule has 1 aromatic heterocycles. The number of nitrogens with two attached hydrogens (primary N) is 1. The van der Waals surface area contributed by atoms with E-state index in [4.69, 9.17) is 10.6 Å². The molecule has 0 aliphatic rings. The molecule has 0 radical (unpaired) electrons. The van der Waals surface area contributed by atoms with E-state index < -0.39 is 0 Å². The Hall–Kier alpha value is -1.36. The van der Waals surface area contributed by atoms with Crippen molar-refractivity contribution in [3.63, 3.8) is 0 Å². The lowest BCUT2D eigenvalue weighted by Crippen LogP contribution is -2.28. The summed E-state index contributed by atoms with van der Waals surface area (Å²) in [5.74, 6) is 6.45. The number of benzene rings is 1. The summed E-state index contributed by atoms with van der Waals surface area (Å²) in [6.45, 7) is 0. The van der Waals surface area contributed by atoms with Crippen LogP contribution in [0.15, 0.2) is 41.8 Å². The molecule has 0 bridgehead atoms. The maximum atomic E-state index is 5.60. The molecule has 0 amide bonds. The molecule has 0 saturated carbocycles. The van der Waals surface area contributed by atoms with Crippen LogP contribution in [0.25, 0.3) is 0 Å². The number of hydrazine groups is 1. The van der Waals surface area contributed by atoms with Gasteiger partial charge in [0.15, 0.2) is 0 Å². The minimum absolute atomic E-state index is 0.0232. The fourth-order valence-electron chi connectivity index (χ4n) is 1.62. The van der Waals surface area contributed by atoms with Gasteiger partial charge in [-0.2, -0.15) is 0 Å². The molecule has 16 heavy (non-hydrogen) atoms. The van der Waals surface area contributed by atoms with Gasteiger partial charge in [0.2, 0.25) is 0 Å².